The maximum atomic E-state index is 13.1. The van der Waals surface area contributed by atoms with Crippen molar-refractivity contribution in [3.63, 3.8) is 0 Å². The van der Waals surface area contributed by atoms with Crippen molar-refractivity contribution < 1.29 is 17.6 Å². The summed E-state index contributed by atoms with van der Waals surface area (Å²) in [5, 5.41) is 11.1. The summed E-state index contributed by atoms with van der Waals surface area (Å²) in [4.78, 5) is 11.2. The van der Waals surface area contributed by atoms with E-state index in [9.17, 15) is 13.2 Å². The Kier molecular flexibility index (Phi) is 6.66. The number of anilines is 1. The fraction of sp³-hybridized carbons (Fsp3) is 0.150. The molecule has 30 heavy (non-hydrogen) atoms. The van der Waals surface area contributed by atoms with E-state index >= 15 is 0 Å². The lowest BCUT2D eigenvalue weighted by Crippen LogP contribution is -2.31. The van der Waals surface area contributed by atoms with Gasteiger partial charge in [-0.05, 0) is 48.5 Å². The molecule has 0 unspecified atom stereocenters. The minimum atomic E-state index is -3.86. The van der Waals surface area contributed by atoms with Gasteiger partial charge in [-0.2, -0.15) is 4.31 Å². The molecule has 0 spiro atoms. The molecule has 0 fully saturated rings. The van der Waals surface area contributed by atoms with Gasteiger partial charge in [-0.15, -0.1) is 16.8 Å². The Bertz CT molecular complexity index is 1140. The number of rotatable bonds is 8. The molecule has 0 radical (unpaired) electrons. The highest BCUT2D eigenvalue weighted by Gasteiger charge is 2.26. The van der Waals surface area contributed by atoms with E-state index in [0.717, 1.165) is 0 Å². The Morgan fingerprint density at radius 3 is 2.43 bits per heavy atom. The normalized spacial score (nSPS) is 11.4. The van der Waals surface area contributed by atoms with Crippen LogP contribution >= 0.6 is 11.6 Å². The van der Waals surface area contributed by atoms with Crippen molar-refractivity contribution in [2.24, 2.45) is 0 Å². The highest BCUT2D eigenvalue weighted by atomic mass is 35.5. The number of amides is 1. The first-order chi connectivity index (χ1) is 14.3. The Balaban J connectivity index is 1.82. The fourth-order valence-electron chi connectivity index (χ4n) is 2.63. The molecule has 10 heteroatoms. The number of nitrogens with one attached hydrogen (secondary N) is 1. The van der Waals surface area contributed by atoms with Gasteiger partial charge in [0.15, 0.2) is 0 Å². The van der Waals surface area contributed by atoms with Gasteiger partial charge in [0.25, 0.3) is 0 Å². The largest absolute Gasteiger partial charge is 0.419 e. The van der Waals surface area contributed by atoms with Gasteiger partial charge >= 0.3 is 0 Å². The topological polar surface area (TPSA) is 105 Å². The minimum Gasteiger partial charge on any atom is -0.419 e. The summed E-state index contributed by atoms with van der Waals surface area (Å²) in [7, 11) is -3.86. The molecule has 0 saturated heterocycles. The summed E-state index contributed by atoms with van der Waals surface area (Å²) in [6.45, 7) is 4.93. The van der Waals surface area contributed by atoms with Crippen LogP contribution in [0.25, 0.3) is 11.5 Å². The highest BCUT2D eigenvalue weighted by molar-refractivity contribution is 7.89. The zero-order chi connectivity index (χ0) is 21.7. The van der Waals surface area contributed by atoms with Crippen LogP contribution in [0.5, 0.6) is 0 Å². The van der Waals surface area contributed by atoms with Gasteiger partial charge in [0.05, 0.1) is 11.4 Å². The first kappa shape index (κ1) is 21.7. The van der Waals surface area contributed by atoms with Crippen molar-refractivity contribution in [1.82, 2.24) is 14.5 Å². The molecule has 0 aliphatic heterocycles. The molecule has 0 aliphatic carbocycles. The van der Waals surface area contributed by atoms with Crippen molar-refractivity contribution in [1.29, 1.82) is 0 Å². The molecule has 156 valence electrons. The lowest BCUT2D eigenvalue weighted by Gasteiger charge is -2.19. The highest BCUT2D eigenvalue weighted by Crippen LogP contribution is 2.23. The van der Waals surface area contributed by atoms with Gasteiger partial charge in [0.1, 0.15) is 0 Å². The average molecular weight is 447 g/mol. The van der Waals surface area contributed by atoms with Gasteiger partial charge in [-0.25, -0.2) is 8.42 Å². The Hall–Kier alpha value is -3.01. The Morgan fingerprint density at radius 2 is 1.83 bits per heavy atom. The van der Waals surface area contributed by atoms with E-state index in [0.29, 0.717) is 16.3 Å². The van der Waals surface area contributed by atoms with Crippen LogP contribution in [0.15, 0.2) is 70.5 Å². The Morgan fingerprint density at radius 1 is 1.17 bits per heavy atom. The molecule has 1 N–H and O–H groups in total. The third-order valence-corrected chi connectivity index (χ3v) is 6.09. The van der Waals surface area contributed by atoms with Crippen molar-refractivity contribution in [2.45, 2.75) is 18.4 Å². The van der Waals surface area contributed by atoms with Crippen LogP contribution in [0, 0.1) is 0 Å². The van der Waals surface area contributed by atoms with Crippen molar-refractivity contribution in [2.75, 3.05) is 11.9 Å². The van der Waals surface area contributed by atoms with Crippen LogP contribution in [-0.2, 0) is 21.4 Å². The lowest BCUT2D eigenvalue weighted by molar-refractivity contribution is -0.114. The van der Waals surface area contributed by atoms with Gasteiger partial charge in [0, 0.05) is 29.7 Å². The smallest absolute Gasteiger partial charge is 0.247 e. The standard InChI is InChI=1S/C20H19ClN4O4S/c1-3-12-25(30(27,28)18-10-8-17(9-11-18)22-14(2)26)13-19-23-24-20(29-19)15-4-6-16(21)7-5-15/h3-11H,1,12-13H2,2H3,(H,22,26). The predicted molar refractivity (Wildman–Crippen MR) is 113 cm³/mol. The molecule has 0 saturated carbocycles. The number of nitrogens with zero attached hydrogens (tertiary/aromatic N) is 3. The lowest BCUT2D eigenvalue weighted by atomic mass is 10.2. The molecule has 1 heterocycles. The second-order valence-corrected chi connectivity index (χ2v) is 8.67. The molecule has 0 bridgehead atoms. The Labute approximate surface area is 179 Å². The SMILES string of the molecule is C=CCN(Cc1nnc(-c2ccc(Cl)cc2)o1)S(=O)(=O)c1ccc(NC(C)=O)cc1. The number of benzene rings is 2. The maximum absolute atomic E-state index is 13.1. The summed E-state index contributed by atoms with van der Waals surface area (Å²) in [6, 6.07) is 12.7. The minimum absolute atomic E-state index is 0.0500. The first-order valence-corrected chi connectivity index (χ1v) is 10.7. The van der Waals surface area contributed by atoms with Gasteiger partial charge in [-0.1, -0.05) is 17.7 Å². The van der Waals surface area contributed by atoms with Gasteiger partial charge < -0.3 is 9.73 Å². The molecule has 2 aromatic carbocycles. The number of aromatic nitrogens is 2. The number of carbonyl (C=O) groups excluding carboxylic acids is 1. The number of halogens is 1. The second-order valence-electron chi connectivity index (χ2n) is 6.30. The second kappa shape index (κ2) is 9.21. The predicted octanol–water partition coefficient (Wildman–Crippen LogP) is 3.73. The van der Waals surface area contributed by atoms with Crippen LogP contribution < -0.4 is 5.32 Å². The van der Waals surface area contributed by atoms with E-state index in [4.69, 9.17) is 16.0 Å². The van der Waals surface area contributed by atoms with Crippen LogP contribution in [0.1, 0.15) is 12.8 Å². The van der Waals surface area contributed by atoms with Crippen LogP contribution in [0.4, 0.5) is 5.69 Å². The first-order valence-electron chi connectivity index (χ1n) is 8.86. The summed E-state index contributed by atoms with van der Waals surface area (Å²) in [5.74, 6) is 0.157. The average Bonchev–Trinajstić information content (AvgIpc) is 3.17. The van der Waals surface area contributed by atoms with Crippen LogP contribution in [-0.4, -0.2) is 35.4 Å². The van der Waals surface area contributed by atoms with Crippen molar-refractivity contribution >= 4 is 33.2 Å². The molecule has 1 amide bonds. The van der Waals surface area contributed by atoms with Crippen LogP contribution in [0.3, 0.4) is 0 Å². The van der Waals surface area contributed by atoms with E-state index < -0.39 is 10.0 Å². The summed E-state index contributed by atoms with van der Waals surface area (Å²) < 4.78 is 32.9. The number of hydrogen-bond acceptors (Lipinski definition) is 6. The van der Waals surface area contributed by atoms with Crippen molar-refractivity contribution in [3.8, 4) is 11.5 Å². The van der Waals surface area contributed by atoms with Crippen molar-refractivity contribution in [3.05, 3.63) is 72.1 Å². The van der Waals surface area contributed by atoms with E-state index in [2.05, 4.69) is 22.1 Å². The molecule has 0 aliphatic rings. The molecule has 8 nitrogen and oxygen atoms in total. The third-order valence-electron chi connectivity index (χ3n) is 4.01. The fourth-order valence-corrected chi connectivity index (χ4v) is 4.12. The van der Waals surface area contributed by atoms with Crippen LogP contribution in [0.2, 0.25) is 5.02 Å². The molecular formula is C20H19ClN4O4S. The van der Waals surface area contributed by atoms with E-state index in [1.54, 1.807) is 24.3 Å². The third kappa shape index (κ3) is 5.12. The quantitative estimate of drug-likeness (QED) is 0.528. The molecule has 1 aromatic heterocycles. The van der Waals surface area contributed by atoms with E-state index in [1.807, 2.05) is 0 Å². The maximum Gasteiger partial charge on any atom is 0.247 e. The molecule has 3 rings (SSSR count). The molecule has 3 aromatic rings. The zero-order valence-corrected chi connectivity index (χ0v) is 17.7. The number of hydrogen-bond donors (Lipinski definition) is 1. The van der Waals surface area contributed by atoms with Gasteiger partial charge in [0.2, 0.25) is 27.7 Å². The summed E-state index contributed by atoms with van der Waals surface area (Å²) in [5.41, 5.74) is 1.17. The van der Waals surface area contributed by atoms with E-state index in [1.165, 1.54) is 41.6 Å². The zero-order valence-electron chi connectivity index (χ0n) is 16.1. The van der Waals surface area contributed by atoms with E-state index in [-0.39, 0.29) is 35.7 Å². The van der Waals surface area contributed by atoms with Gasteiger partial charge in [-0.3, -0.25) is 4.79 Å². The molecular weight excluding hydrogens is 428 g/mol. The molecule has 0 atom stereocenters. The summed E-state index contributed by atoms with van der Waals surface area (Å²) >= 11 is 5.88. The number of sulfonamides is 1. The summed E-state index contributed by atoms with van der Waals surface area (Å²) in [6.07, 6.45) is 1.47. The number of carbonyl (C=O) groups is 1. The monoisotopic (exact) mass is 446 g/mol.